The monoisotopic (exact) mass is 604 g/mol. The van der Waals surface area contributed by atoms with Crippen LogP contribution in [0, 0.1) is 5.92 Å². The lowest BCUT2D eigenvalue weighted by molar-refractivity contribution is -0.146. The first-order valence-corrected chi connectivity index (χ1v) is 24.3. The first kappa shape index (κ1) is 38.3. The molecule has 10 heteroatoms. The van der Waals surface area contributed by atoms with Gasteiger partial charge in [-0.15, -0.1) is 0 Å². The molecule has 0 aromatic heterocycles. The molecule has 0 aromatic carbocycles. The number of nitrogens with one attached hydrogen (secondary N) is 2. The van der Waals surface area contributed by atoms with Gasteiger partial charge in [0.05, 0.1) is 19.9 Å². The maximum Gasteiger partial charge on any atom is 0.328 e. The first-order valence-electron chi connectivity index (χ1n) is 14.9. The summed E-state index contributed by atoms with van der Waals surface area (Å²) in [5, 5.41) is 5.22. The van der Waals surface area contributed by atoms with Crippen LogP contribution in [-0.2, 0) is 18.4 Å². The van der Waals surface area contributed by atoms with E-state index in [1.807, 2.05) is 20.8 Å². The maximum absolute atomic E-state index is 12.7. The number of esters is 1. The van der Waals surface area contributed by atoms with Gasteiger partial charge in [0.15, 0.2) is 8.32 Å². The average molecular weight is 605 g/mol. The average Bonchev–Trinajstić information content (AvgIpc) is 2.74. The molecule has 0 aliphatic heterocycles. The number of hydrogen-bond donors (Lipinski definition) is 2. The van der Waals surface area contributed by atoms with Crippen LogP contribution >= 0.6 is 0 Å². The van der Waals surface area contributed by atoms with E-state index in [9.17, 15) is 9.59 Å². The molecule has 2 N–H and O–H groups in total. The molecule has 0 bridgehead atoms. The summed E-state index contributed by atoms with van der Waals surface area (Å²) in [7, 11) is -6.17. The molecule has 0 aliphatic carbocycles. The highest BCUT2D eigenvalue weighted by Crippen LogP contribution is 2.51. The SMILES string of the molecule is CCC(C)(O[Si](C)(C)C)[Si](C)(C)OC(C)(CC)[Si](C)(C)C(C)(C)C[C@@H](C)NC(=O)NC(C)C(=O)OCC(C)C. The van der Waals surface area contributed by atoms with Gasteiger partial charge in [0.25, 0.3) is 0 Å². The standard InChI is InChI=1S/C29H64N2O5Si3/c1-18-28(9,36-39(16,17)29(10,19-2)35-37(11,12)13)38(14,15)27(7,8)20-23(5)30-26(33)31-24(6)25(32)34-21-22(3)4/h22-24H,18-21H2,1-17H3,(H2,30,31,33)/t23-,24?,28?,29?/m1/s1. The molecule has 3 unspecified atom stereocenters. The molecule has 2 amide bonds. The van der Waals surface area contributed by atoms with E-state index in [1.165, 1.54) is 0 Å². The lowest BCUT2D eigenvalue weighted by Crippen LogP contribution is -2.69. The number of urea groups is 1. The Morgan fingerprint density at radius 3 is 1.67 bits per heavy atom. The smallest absolute Gasteiger partial charge is 0.328 e. The molecule has 0 aliphatic rings. The highest BCUT2D eigenvalue weighted by atomic mass is 28.4. The summed E-state index contributed by atoms with van der Waals surface area (Å²) in [4.78, 5) is 24.9. The Morgan fingerprint density at radius 2 is 1.26 bits per heavy atom. The highest BCUT2D eigenvalue weighted by Gasteiger charge is 2.57. The minimum atomic E-state index is -2.30. The van der Waals surface area contributed by atoms with Gasteiger partial charge in [-0.25, -0.2) is 9.59 Å². The normalized spacial score (nSPS) is 18.1. The van der Waals surface area contributed by atoms with Gasteiger partial charge in [-0.05, 0) is 90.6 Å². The summed E-state index contributed by atoms with van der Waals surface area (Å²) in [5.74, 6) is -0.167. The fraction of sp³-hybridized carbons (Fsp3) is 0.931. The van der Waals surface area contributed by atoms with Crippen LogP contribution in [0.15, 0.2) is 0 Å². The Hall–Kier alpha value is -0.689. The molecule has 7 nitrogen and oxygen atoms in total. The minimum absolute atomic E-state index is 0.0427. The molecule has 0 heterocycles. The van der Waals surface area contributed by atoms with Crippen molar-refractivity contribution < 1.29 is 23.2 Å². The van der Waals surface area contributed by atoms with E-state index in [2.05, 4.69) is 98.0 Å². The van der Waals surface area contributed by atoms with Crippen molar-refractivity contribution in [1.29, 1.82) is 0 Å². The molecule has 4 atom stereocenters. The largest absolute Gasteiger partial charge is 0.464 e. The van der Waals surface area contributed by atoms with Gasteiger partial charge in [0.2, 0.25) is 8.32 Å². The Morgan fingerprint density at radius 1 is 0.769 bits per heavy atom. The maximum atomic E-state index is 12.7. The third-order valence-corrected chi connectivity index (χ3v) is 21.2. The lowest BCUT2D eigenvalue weighted by atomic mass is 10.0. The quantitative estimate of drug-likeness (QED) is 0.140. The van der Waals surface area contributed by atoms with E-state index in [1.54, 1.807) is 6.92 Å². The second kappa shape index (κ2) is 14.0. The number of rotatable bonds is 16. The topological polar surface area (TPSA) is 85.9 Å². The van der Waals surface area contributed by atoms with E-state index < -0.39 is 36.7 Å². The van der Waals surface area contributed by atoms with E-state index in [-0.39, 0.29) is 33.5 Å². The molecule has 0 saturated heterocycles. The Kier molecular flexibility index (Phi) is 13.7. The van der Waals surface area contributed by atoms with Gasteiger partial charge in [-0.2, -0.15) is 0 Å². The zero-order chi connectivity index (χ0) is 31.3. The van der Waals surface area contributed by atoms with Gasteiger partial charge in [0.1, 0.15) is 6.04 Å². The highest BCUT2D eigenvalue weighted by molar-refractivity contribution is 6.84. The van der Waals surface area contributed by atoms with Crippen molar-refractivity contribution in [2.24, 2.45) is 5.92 Å². The molecule has 0 rings (SSSR count). The Balaban J connectivity index is 5.67. The number of carbonyl (C=O) groups is 2. The van der Waals surface area contributed by atoms with Crippen molar-refractivity contribution in [2.45, 2.75) is 162 Å². The first-order chi connectivity index (χ1) is 17.3. The van der Waals surface area contributed by atoms with Gasteiger partial charge in [-0.3, -0.25) is 0 Å². The van der Waals surface area contributed by atoms with Gasteiger partial charge >= 0.3 is 12.0 Å². The third kappa shape index (κ3) is 10.6. The fourth-order valence-electron chi connectivity index (χ4n) is 5.29. The molecule has 0 radical (unpaired) electrons. The molecule has 232 valence electrons. The van der Waals surface area contributed by atoms with Gasteiger partial charge in [0, 0.05) is 11.3 Å². The van der Waals surface area contributed by atoms with E-state index in [0.717, 1.165) is 19.3 Å². The van der Waals surface area contributed by atoms with Crippen LogP contribution in [-0.4, -0.2) is 65.8 Å². The molecule has 0 fully saturated rings. The Labute approximate surface area is 244 Å². The second-order valence-electron chi connectivity index (χ2n) is 15.0. The van der Waals surface area contributed by atoms with Gasteiger partial charge < -0.3 is 24.2 Å². The van der Waals surface area contributed by atoms with E-state index in [4.69, 9.17) is 13.6 Å². The number of amides is 2. The molecule has 0 aromatic rings. The van der Waals surface area contributed by atoms with Crippen molar-refractivity contribution in [2.75, 3.05) is 6.61 Å². The van der Waals surface area contributed by atoms with Crippen molar-refractivity contribution in [3.63, 3.8) is 0 Å². The minimum Gasteiger partial charge on any atom is -0.464 e. The van der Waals surface area contributed by atoms with Crippen LogP contribution in [0.1, 0.15) is 88.5 Å². The Bertz CT molecular complexity index is 813. The summed E-state index contributed by atoms with van der Waals surface area (Å²) < 4.78 is 19.4. The predicted octanol–water partition coefficient (Wildman–Crippen LogP) is 7.63. The van der Waals surface area contributed by atoms with E-state index >= 15 is 0 Å². The van der Waals surface area contributed by atoms with Gasteiger partial charge in [-0.1, -0.05) is 54.6 Å². The summed E-state index contributed by atoms with van der Waals surface area (Å²) in [6.45, 7) is 38.0. The summed E-state index contributed by atoms with van der Waals surface area (Å²) in [6, 6.07) is -1.13. The lowest BCUT2D eigenvalue weighted by Gasteiger charge is -2.57. The van der Waals surface area contributed by atoms with Crippen LogP contribution in [0.2, 0.25) is 50.9 Å². The summed E-state index contributed by atoms with van der Waals surface area (Å²) in [5.41, 5.74) is 0. The van der Waals surface area contributed by atoms with Crippen LogP contribution in [0.5, 0.6) is 0 Å². The molecule has 0 spiro atoms. The zero-order valence-electron chi connectivity index (χ0n) is 28.6. The number of hydrogen-bond acceptors (Lipinski definition) is 5. The summed E-state index contributed by atoms with van der Waals surface area (Å²) in [6.07, 6.45) is 2.67. The van der Waals surface area contributed by atoms with Crippen molar-refractivity contribution in [1.82, 2.24) is 10.6 Å². The second-order valence-corrected chi connectivity index (χ2v) is 29.3. The molecule has 39 heavy (non-hydrogen) atoms. The zero-order valence-corrected chi connectivity index (χ0v) is 31.6. The predicted molar refractivity (Wildman–Crippen MR) is 173 cm³/mol. The number of ether oxygens (including phenoxy) is 1. The van der Waals surface area contributed by atoms with Crippen molar-refractivity contribution in [3.8, 4) is 0 Å². The third-order valence-electron chi connectivity index (χ3n) is 9.10. The number of carbonyl (C=O) groups excluding carboxylic acids is 2. The van der Waals surface area contributed by atoms with Crippen LogP contribution in [0.4, 0.5) is 4.79 Å². The van der Waals surface area contributed by atoms with Crippen LogP contribution in [0.3, 0.4) is 0 Å². The van der Waals surface area contributed by atoms with Crippen molar-refractivity contribution >= 4 is 36.7 Å². The van der Waals surface area contributed by atoms with E-state index in [0.29, 0.717) is 6.61 Å². The summed E-state index contributed by atoms with van der Waals surface area (Å²) >= 11 is 0. The van der Waals surface area contributed by atoms with Crippen LogP contribution < -0.4 is 10.6 Å². The molecule has 0 saturated carbocycles. The fourth-order valence-corrected chi connectivity index (χ4v) is 15.9. The molecular weight excluding hydrogens is 541 g/mol. The van der Waals surface area contributed by atoms with Crippen molar-refractivity contribution in [3.05, 3.63) is 0 Å². The van der Waals surface area contributed by atoms with Crippen LogP contribution in [0.25, 0.3) is 0 Å². The molecular formula is C29H64N2O5Si3.